The van der Waals surface area contributed by atoms with Gasteiger partial charge in [-0.1, -0.05) is 25.1 Å². The third-order valence-corrected chi connectivity index (χ3v) is 2.91. The van der Waals surface area contributed by atoms with Crippen LogP contribution in [0.1, 0.15) is 23.0 Å². The summed E-state index contributed by atoms with van der Waals surface area (Å²) >= 11 is 3.18. The smallest absolute Gasteiger partial charge is 0.275 e. The third-order valence-electron chi connectivity index (χ3n) is 2.50. The number of anilines is 1. The average Bonchev–Trinajstić information content (AvgIpc) is 2.40. The molecule has 0 radical (unpaired) electrons. The normalized spacial score (nSPS) is 10.1. The minimum atomic E-state index is -0.254. The molecule has 1 aromatic carbocycles. The zero-order valence-electron chi connectivity index (χ0n) is 9.85. The molecule has 0 spiro atoms. The molecule has 1 N–H and O–H groups in total. The van der Waals surface area contributed by atoms with Crippen LogP contribution in [-0.4, -0.2) is 15.9 Å². The second-order valence-corrected chi connectivity index (χ2v) is 4.50. The van der Waals surface area contributed by atoms with Crippen LogP contribution in [0.15, 0.2) is 41.3 Å². The molecule has 1 aromatic heterocycles. The monoisotopic (exact) mass is 305 g/mol. The van der Waals surface area contributed by atoms with Crippen LogP contribution in [0, 0.1) is 0 Å². The molecule has 92 valence electrons. The molecule has 4 nitrogen and oxygen atoms in total. The lowest BCUT2D eigenvalue weighted by molar-refractivity contribution is 0.102. The number of hydrogen-bond acceptors (Lipinski definition) is 3. The van der Waals surface area contributed by atoms with E-state index in [4.69, 9.17) is 0 Å². The molecular formula is C13H12BrN3O. The topological polar surface area (TPSA) is 54.9 Å². The third kappa shape index (κ3) is 2.92. The Morgan fingerprint density at radius 3 is 2.72 bits per heavy atom. The number of aromatic nitrogens is 2. The van der Waals surface area contributed by atoms with Gasteiger partial charge in [-0.2, -0.15) is 0 Å². The first-order valence-corrected chi connectivity index (χ1v) is 6.37. The van der Waals surface area contributed by atoms with E-state index >= 15 is 0 Å². The standard InChI is InChI=1S/C13H12BrN3O/c1-2-9-5-3-4-6-10(9)17-13(18)11-7-16-12(14)8-15-11/h3-8H,2H2,1H3,(H,17,18). The quantitative estimate of drug-likeness (QED) is 0.948. The van der Waals surface area contributed by atoms with Crippen LogP contribution in [0.2, 0.25) is 0 Å². The summed E-state index contributed by atoms with van der Waals surface area (Å²) in [6.45, 7) is 2.05. The van der Waals surface area contributed by atoms with E-state index in [-0.39, 0.29) is 5.91 Å². The Hall–Kier alpha value is -1.75. The molecule has 2 rings (SSSR count). The lowest BCUT2D eigenvalue weighted by Gasteiger charge is -2.08. The van der Waals surface area contributed by atoms with Crippen LogP contribution >= 0.6 is 15.9 Å². The molecule has 0 saturated heterocycles. The second-order valence-electron chi connectivity index (χ2n) is 3.69. The summed E-state index contributed by atoms with van der Waals surface area (Å²) in [7, 11) is 0. The number of aryl methyl sites for hydroxylation is 1. The summed E-state index contributed by atoms with van der Waals surface area (Å²) in [5, 5.41) is 2.84. The van der Waals surface area contributed by atoms with Gasteiger partial charge in [-0.3, -0.25) is 4.79 Å². The lowest BCUT2D eigenvalue weighted by atomic mass is 10.1. The molecule has 1 heterocycles. The van der Waals surface area contributed by atoms with E-state index in [1.165, 1.54) is 12.4 Å². The van der Waals surface area contributed by atoms with Crippen LogP contribution in [0.4, 0.5) is 5.69 Å². The van der Waals surface area contributed by atoms with Gasteiger partial charge >= 0.3 is 0 Å². The van der Waals surface area contributed by atoms with E-state index < -0.39 is 0 Å². The average molecular weight is 306 g/mol. The van der Waals surface area contributed by atoms with Gasteiger partial charge < -0.3 is 5.32 Å². The molecule has 0 aliphatic rings. The van der Waals surface area contributed by atoms with Crippen LogP contribution in [0.3, 0.4) is 0 Å². The minimum Gasteiger partial charge on any atom is -0.320 e. The van der Waals surface area contributed by atoms with E-state index in [0.717, 1.165) is 17.7 Å². The Morgan fingerprint density at radius 2 is 2.06 bits per heavy atom. The highest BCUT2D eigenvalue weighted by Crippen LogP contribution is 2.16. The van der Waals surface area contributed by atoms with Gasteiger partial charge in [0, 0.05) is 5.69 Å². The summed E-state index contributed by atoms with van der Waals surface area (Å²) in [4.78, 5) is 20.0. The van der Waals surface area contributed by atoms with Crippen molar-refractivity contribution in [2.24, 2.45) is 0 Å². The Bertz CT molecular complexity index is 554. The van der Waals surface area contributed by atoms with Gasteiger partial charge in [0.2, 0.25) is 0 Å². The summed E-state index contributed by atoms with van der Waals surface area (Å²) in [6, 6.07) is 7.71. The van der Waals surface area contributed by atoms with Crippen molar-refractivity contribution in [2.45, 2.75) is 13.3 Å². The van der Waals surface area contributed by atoms with E-state index in [1.54, 1.807) is 0 Å². The summed E-state index contributed by atoms with van der Waals surface area (Å²) < 4.78 is 0.605. The molecule has 2 aromatic rings. The molecular weight excluding hydrogens is 294 g/mol. The van der Waals surface area contributed by atoms with E-state index in [1.807, 2.05) is 31.2 Å². The van der Waals surface area contributed by atoms with Crippen molar-refractivity contribution in [3.8, 4) is 0 Å². The summed E-state index contributed by atoms with van der Waals surface area (Å²) in [6.07, 6.45) is 3.80. The first kappa shape index (κ1) is 12.7. The van der Waals surface area contributed by atoms with Gasteiger partial charge in [0.15, 0.2) is 0 Å². The van der Waals surface area contributed by atoms with Gasteiger partial charge in [0.1, 0.15) is 10.3 Å². The van der Waals surface area contributed by atoms with Crippen molar-refractivity contribution >= 4 is 27.5 Å². The molecule has 5 heteroatoms. The Labute approximate surface area is 114 Å². The van der Waals surface area contributed by atoms with Crippen molar-refractivity contribution < 1.29 is 4.79 Å². The highest BCUT2D eigenvalue weighted by molar-refractivity contribution is 9.10. The molecule has 0 unspecified atom stereocenters. The fourth-order valence-corrected chi connectivity index (χ4v) is 1.77. The number of carbonyl (C=O) groups is 1. The van der Waals surface area contributed by atoms with E-state index in [9.17, 15) is 4.79 Å². The van der Waals surface area contributed by atoms with E-state index in [2.05, 4.69) is 31.2 Å². The zero-order chi connectivity index (χ0) is 13.0. The number of benzene rings is 1. The van der Waals surface area contributed by atoms with Crippen molar-refractivity contribution in [2.75, 3.05) is 5.32 Å². The number of nitrogens with one attached hydrogen (secondary N) is 1. The predicted molar refractivity (Wildman–Crippen MR) is 73.5 cm³/mol. The maximum absolute atomic E-state index is 12.0. The maximum atomic E-state index is 12.0. The zero-order valence-corrected chi connectivity index (χ0v) is 11.4. The number of carbonyl (C=O) groups excluding carboxylic acids is 1. The minimum absolute atomic E-state index is 0.254. The number of nitrogens with zero attached hydrogens (tertiary/aromatic N) is 2. The van der Waals surface area contributed by atoms with Crippen LogP contribution in [0.25, 0.3) is 0 Å². The summed E-state index contributed by atoms with van der Waals surface area (Å²) in [5.74, 6) is -0.254. The Kier molecular flexibility index (Phi) is 4.04. The predicted octanol–water partition coefficient (Wildman–Crippen LogP) is 3.05. The molecule has 0 fully saturated rings. The Balaban J connectivity index is 2.18. The molecule has 1 amide bonds. The van der Waals surface area contributed by atoms with Crippen molar-refractivity contribution in [1.82, 2.24) is 9.97 Å². The van der Waals surface area contributed by atoms with Crippen LogP contribution in [-0.2, 0) is 6.42 Å². The first-order valence-electron chi connectivity index (χ1n) is 5.57. The van der Waals surface area contributed by atoms with Gasteiger partial charge in [-0.15, -0.1) is 0 Å². The van der Waals surface area contributed by atoms with Crippen LogP contribution < -0.4 is 5.32 Å². The highest BCUT2D eigenvalue weighted by atomic mass is 79.9. The molecule has 18 heavy (non-hydrogen) atoms. The number of rotatable bonds is 3. The maximum Gasteiger partial charge on any atom is 0.275 e. The fraction of sp³-hybridized carbons (Fsp3) is 0.154. The number of amides is 1. The molecule has 0 aliphatic carbocycles. The number of para-hydroxylation sites is 1. The second kappa shape index (κ2) is 5.73. The van der Waals surface area contributed by atoms with E-state index in [0.29, 0.717) is 10.3 Å². The molecule has 0 atom stereocenters. The number of halogens is 1. The van der Waals surface area contributed by atoms with Crippen molar-refractivity contribution in [1.29, 1.82) is 0 Å². The van der Waals surface area contributed by atoms with Gasteiger partial charge in [0.05, 0.1) is 12.4 Å². The van der Waals surface area contributed by atoms with Crippen molar-refractivity contribution in [3.63, 3.8) is 0 Å². The lowest BCUT2D eigenvalue weighted by Crippen LogP contribution is -2.15. The molecule has 0 aliphatic heterocycles. The van der Waals surface area contributed by atoms with Gasteiger partial charge in [-0.25, -0.2) is 9.97 Å². The fourth-order valence-electron chi connectivity index (χ4n) is 1.57. The Morgan fingerprint density at radius 1 is 1.28 bits per heavy atom. The molecule has 0 bridgehead atoms. The summed E-state index contributed by atoms with van der Waals surface area (Å²) in [5.41, 5.74) is 2.20. The largest absolute Gasteiger partial charge is 0.320 e. The van der Waals surface area contributed by atoms with Crippen molar-refractivity contribution in [3.05, 3.63) is 52.5 Å². The SMILES string of the molecule is CCc1ccccc1NC(=O)c1cnc(Br)cn1. The van der Waals surface area contributed by atoms with Gasteiger partial charge in [0.25, 0.3) is 5.91 Å². The number of hydrogen-bond donors (Lipinski definition) is 1. The van der Waals surface area contributed by atoms with Gasteiger partial charge in [-0.05, 0) is 34.0 Å². The first-order chi connectivity index (χ1) is 8.70. The highest BCUT2D eigenvalue weighted by Gasteiger charge is 2.09. The van der Waals surface area contributed by atoms with Crippen LogP contribution in [0.5, 0.6) is 0 Å². The molecule has 0 saturated carbocycles.